The third-order valence-corrected chi connectivity index (χ3v) is 3.39. The Labute approximate surface area is 146 Å². The van der Waals surface area contributed by atoms with Crippen molar-refractivity contribution in [3.05, 3.63) is 48.5 Å². The molecule has 5 N–H and O–H groups in total. The molecule has 0 saturated carbocycles. The van der Waals surface area contributed by atoms with Gasteiger partial charge in [0.15, 0.2) is 0 Å². The van der Waals surface area contributed by atoms with Crippen molar-refractivity contribution >= 4 is 29.0 Å². The van der Waals surface area contributed by atoms with Crippen molar-refractivity contribution in [1.29, 1.82) is 0 Å². The second-order valence-corrected chi connectivity index (χ2v) is 5.30. The van der Waals surface area contributed by atoms with Gasteiger partial charge in [0.25, 0.3) is 0 Å². The normalized spacial score (nSPS) is 10.0. The van der Waals surface area contributed by atoms with Crippen LogP contribution in [0, 0.1) is 0 Å². The maximum absolute atomic E-state index is 12.2. The molecule has 2 rings (SSSR count). The summed E-state index contributed by atoms with van der Waals surface area (Å²) >= 11 is 0. The summed E-state index contributed by atoms with van der Waals surface area (Å²) in [5, 5.41) is 8.22. The van der Waals surface area contributed by atoms with Gasteiger partial charge in [-0.2, -0.15) is 0 Å². The minimum absolute atomic E-state index is 0.176. The number of para-hydroxylation sites is 1. The second-order valence-electron chi connectivity index (χ2n) is 5.30. The van der Waals surface area contributed by atoms with Crippen LogP contribution in [0.15, 0.2) is 48.5 Å². The van der Waals surface area contributed by atoms with Crippen molar-refractivity contribution in [2.75, 3.05) is 29.6 Å². The van der Waals surface area contributed by atoms with Gasteiger partial charge in [-0.15, -0.1) is 0 Å². The van der Waals surface area contributed by atoms with Gasteiger partial charge in [0.05, 0.1) is 18.5 Å². The Balaban J connectivity index is 2.10. The number of urea groups is 1. The first kappa shape index (κ1) is 18.3. The van der Waals surface area contributed by atoms with E-state index in [4.69, 9.17) is 10.5 Å². The predicted octanol–water partition coefficient (Wildman–Crippen LogP) is 3.02. The molecule has 0 atom stereocenters. The van der Waals surface area contributed by atoms with Gasteiger partial charge in [0.2, 0.25) is 5.91 Å². The molecule has 0 saturated heterocycles. The maximum Gasteiger partial charge on any atom is 0.323 e. The number of rotatable bonds is 7. The number of hydrogen-bond acceptors (Lipinski definition) is 4. The molecular weight excluding hydrogens is 320 g/mol. The Hall–Kier alpha value is -3.06. The third-order valence-electron chi connectivity index (χ3n) is 3.39. The van der Waals surface area contributed by atoms with E-state index in [1.165, 1.54) is 7.11 Å². The maximum atomic E-state index is 12.2. The lowest BCUT2D eigenvalue weighted by atomic mass is 10.2. The van der Waals surface area contributed by atoms with Gasteiger partial charge in [-0.05, 0) is 37.2 Å². The third kappa shape index (κ3) is 5.82. The van der Waals surface area contributed by atoms with Crippen LogP contribution in [-0.2, 0) is 4.79 Å². The molecule has 0 radical (unpaired) electrons. The van der Waals surface area contributed by atoms with E-state index in [0.29, 0.717) is 42.2 Å². The van der Waals surface area contributed by atoms with Crippen molar-refractivity contribution in [2.24, 2.45) is 5.73 Å². The van der Waals surface area contributed by atoms with Crippen LogP contribution in [0.3, 0.4) is 0 Å². The van der Waals surface area contributed by atoms with Gasteiger partial charge in [-0.3, -0.25) is 4.79 Å². The van der Waals surface area contributed by atoms with Crippen LogP contribution in [0.4, 0.5) is 21.9 Å². The number of carbonyl (C=O) groups is 2. The van der Waals surface area contributed by atoms with Crippen LogP contribution in [0.5, 0.6) is 5.75 Å². The summed E-state index contributed by atoms with van der Waals surface area (Å²) in [5.41, 5.74) is 7.02. The lowest BCUT2D eigenvalue weighted by Gasteiger charge is -2.14. The SMILES string of the molecule is COc1ccc(NC(=O)Nc2ccccc2)c(NC(=O)CCCN)c1. The number of carbonyl (C=O) groups excluding carboxylic acids is 2. The molecule has 25 heavy (non-hydrogen) atoms. The number of anilines is 3. The van der Waals surface area contributed by atoms with E-state index in [1.807, 2.05) is 18.2 Å². The summed E-state index contributed by atoms with van der Waals surface area (Å²) in [4.78, 5) is 24.1. The zero-order chi connectivity index (χ0) is 18.1. The molecule has 2 aromatic rings. The molecule has 7 nitrogen and oxygen atoms in total. The van der Waals surface area contributed by atoms with E-state index in [1.54, 1.807) is 30.3 Å². The number of ether oxygens (including phenoxy) is 1. The van der Waals surface area contributed by atoms with Crippen molar-refractivity contribution in [3.63, 3.8) is 0 Å². The molecular formula is C18H22N4O3. The van der Waals surface area contributed by atoms with E-state index in [0.717, 1.165) is 0 Å². The quantitative estimate of drug-likeness (QED) is 0.620. The fraction of sp³-hybridized carbons (Fsp3) is 0.222. The smallest absolute Gasteiger partial charge is 0.323 e. The monoisotopic (exact) mass is 342 g/mol. The van der Waals surface area contributed by atoms with Crippen LogP contribution in [-0.4, -0.2) is 25.6 Å². The topological polar surface area (TPSA) is 105 Å². The number of amides is 3. The molecule has 2 aromatic carbocycles. The molecule has 0 aliphatic rings. The van der Waals surface area contributed by atoms with Crippen LogP contribution in [0.25, 0.3) is 0 Å². The number of methoxy groups -OCH3 is 1. The molecule has 0 fully saturated rings. The summed E-state index contributed by atoms with van der Waals surface area (Å²) < 4.78 is 5.17. The van der Waals surface area contributed by atoms with E-state index >= 15 is 0 Å². The molecule has 0 unspecified atom stereocenters. The number of nitrogens with two attached hydrogens (primary N) is 1. The number of hydrogen-bond donors (Lipinski definition) is 4. The lowest BCUT2D eigenvalue weighted by molar-refractivity contribution is -0.116. The fourth-order valence-corrected chi connectivity index (χ4v) is 2.14. The van der Waals surface area contributed by atoms with E-state index in [-0.39, 0.29) is 5.91 Å². The average molecular weight is 342 g/mol. The van der Waals surface area contributed by atoms with Crippen LogP contribution in [0.2, 0.25) is 0 Å². The molecule has 0 bridgehead atoms. The Morgan fingerprint density at radius 3 is 2.44 bits per heavy atom. The van der Waals surface area contributed by atoms with Crippen LogP contribution in [0.1, 0.15) is 12.8 Å². The minimum atomic E-state index is -0.408. The van der Waals surface area contributed by atoms with E-state index < -0.39 is 6.03 Å². The van der Waals surface area contributed by atoms with Gasteiger partial charge >= 0.3 is 6.03 Å². The largest absolute Gasteiger partial charge is 0.497 e. The van der Waals surface area contributed by atoms with Gasteiger partial charge < -0.3 is 26.4 Å². The van der Waals surface area contributed by atoms with Gasteiger partial charge in [-0.25, -0.2) is 4.79 Å². The zero-order valence-electron chi connectivity index (χ0n) is 14.0. The van der Waals surface area contributed by atoms with Crippen molar-refractivity contribution in [2.45, 2.75) is 12.8 Å². The molecule has 0 spiro atoms. The Kier molecular flexibility index (Phi) is 6.79. The molecule has 132 valence electrons. The highest BCUT2D eigenvalue weighted by Gasteiger charge is 2.11. The molecule has 0 heterocycles. The summed E-state index contributed by atoms with van der Waals surface area (Å²) in [7, 11) is 1.53. The average Bonchev–Trinajstić information content (AvgIpc) is 2.62. The summed E-state index contributed by atoms with van der Waals surface area (Å²) in [6.45, 7) is 0.441. The first-order chi connectivity index (χ1) is 12.1. The second kappa shape index (κ2) is 9.29. The van der Waals surface area contributed by atoms with Gasteiger partial charge in [0, 0.05) is 18.2 Å². The first-order valence-corrected chi connectivity index (χ1v) is 7.93. The zero-order valence-corrected chi connectivity index (χ0v) is 14.0. The predicted molar refractivity (Wildman–Crippen MR) is 99.0 cm³/mol. The highest BCUT2D eigenvalue weighted by molar-refractivity contribution is 6.04. The Bertz CT molecular complexity index is 720. The number of benzene rings is 2. The molecule has 0 aromatic heterocycles. The van der Waals surface area contributed by atoms with Gasteiger partial charge in [0.1, 0.15) is 5.75 Å². The minimum Gasteiger partial charge on any atom is -0.497 e. The van der Waals surface area contributed by atoms with Crippen LogP contribution >= 0.6 is 0 Å². The fourth-order valence-electron chi connectivity index (χ4n) is 2.14. The highest BCUT2D eigenvalue weighted by atomic mass is 16.5. The molecule has 0 aliphatic heterocycles. The van der Waals surface area contributed by atoms with E-state index in [9.17, 15) is 9.59 Å². The Morgan fingerprint density at radius 1 is 1.00 bits per heavy atom. The van der Waals surface area contributed by atoms with Crippen LogP contribution < -0.4 is 26.4 Å². The lowest BCUT2D eigenvalue weighted by Crippen LogP contribution is -2.21. The molecule has 3 amide bonds. The highest BCUT2D eigenvalue weighted by Crippen LogP contribution is 2.27. The van der Waals surface area contributed by atoms with Crippen molar-refractivity contribution < 1.29 is 14.3 Å². The summed E-state index contributed by atoms with van der Waals surface area (Å²) in [5.74, 6) is 0.397. The van der Waals surface area contributed by atoms with Gasteiger partial charge in [-0.1, -0.05) is 18.2 Å². The van der Waals surface area contributed by atoms with E-state index in [2.05, 4.69) is 16.0 Å². The van der Waals surface area contributed by atoms with Crippen molar-refractivity contribution in [1.82, 2.24) is 0 Å². The summed E-state index contributed by atoms with van der Waals surface area (Å²) in [6.07, 6.45) is 0.899. The molecule has 0 aliphatic carbocycles. The number of nitrogens with one attached hydrogen (secondary N) is 3. The van der Waals surface area contributed by atoms with Crippen molar-refractivity contribution in [3.8, 4) is 5.75 Å². The Morgan fingerprint density at radius 2 is 1.76 bits per heavy atom. The molecule has 7 heteroatoms. The standard InChI is InChI=1S/C18H22N4O3/c1-25-14-9-10-15(16(12-14)21-17(23)8-5-11-19)22-18(24)20-13-6-3-2-4-7-13/h2-4,6-7,9-10,12H,5,8,11,19H2,1H3,(H,21,23)(H2,20,22,24). The summed E-state index contributed by atoms with van der Waals surface area (Å²) in [6, 6.07) is 13.7. The first-order valence-electron chi connectivity index (χ1n) is 7.93.